The van der Waals surface area contributed by atoms with Crippen LogP contribution in [0.15, 0.2) is 18.2 Å². The van der Waals surface area contributed by atoms with Crippen molar-refractivity contribution < 1.29 is 17.6 Å². The van der Waals surface area contributed by atoms with Gasteiger partial charge in [0.2, 0.25) is 0 Å². The van der Waals surface area contributed by atoms with Crippen molar-refractivity contribution in [2.75, 3.05) is 13.2 Å². The number of benzene rings is 1. The van der Waals surface area contributed by atoms with Crippen molar-refractivity contribution in [3.8, 4) is 0 Å². The van der Waals surface area contributed by atoms with Crippen molar-refractivity contribution in [3.05, 3.63) is 35.4 Å². The Bertz CT molecular complexity index is 353. The summed E-state index contributed by atoms with van der Waals surface area (Å²) in [6.45, 7) is 5.29. The number of rotatable bonds is 8. The molecule has 0 bridgehead atoms. The van der Waals surface area contributed by atoms with Crippen LogP contribution in [-0.2, 0) is 14.9 Å². The van der Waals surface area contributed by atoms with E-state index in [1.807, 2.05) is 13.8 Å². The average Bonchev–Trinajstić information content (AvgIpc) is 2.35. The fraction of sp³-hybridized carbons (Fsp3) is 0.538. The Morgan fingerprint density at radius 2 is 1.67 bits per heavy atom. The maximum atomic E-state index is 13.5. The standard InChI is InChI=1S/C13H20F2O2Si/c1-3-7-16-18(17-8-4-2)10-11-5-6-12(14)9-13(11)15/h5-6,9,18H,3-4,7-8,10H2,1-2H3. The van der Waals surface area contributed by atoms with Gasteiger partial charge in [-0.05, 0) is 24.5 Å². The Kier molecular flexibility index (Phi) is 7.08. The number of hydrogen-bond acceptors (Lipinski definition) is 2. The molecule has 1 aromatic rings. The summed E-state index contributed by atoms with van der Waals surface area (Å²) in [5, 5.41) is 0. The van der Waals surface area contributed by atoms with E-state index in [4.69, 9.17) is 8.85 Å². The molecule has 0 aliphatic carbocycles. The van der Waals surface area contributed by atoms with E-state index in [9.17, 15) is 8.78 Å². The van der Waals surface area contributed by atoms with Crippen LogP contribution in [0.1, 0.15) is 32.3 Å². The molecule has 0 spiro atoms. The molecule has 0 atom stereocenters. The molecular formula is C13H20F2O2Si. The third-order valence-corrected chi connectivity index (χ3v) is 4.41. The molecule has 0 radical (unpaired) electrons. The molecule has 0 aliphatic heterocycles. The van der Waals surface area contributed by atoms with Crippen LogP contribution in [0.4, 0.5) is 8.78 Å². The van der Waals surface area contributed by atoms with E-state index in [1.165, 1.54) is 12.1 Å². The van der Waals surface area contributed by atoms with E-state index in [0.29, 0.717) is 24.8 Å². The second kappa shape index (κ2) is 8.34. The maximum absolute atomic E-state index is 13.5. The van der Waals surface area contributed by atoms with Gasteiger partial charge in [-0.15, -0.1) is 0 Å². The van der Waals surface area contributed by atoms with Crippen LogP contribution in [-0.4, -0.2) is 22.5 Å². The van der Waals surface area contributed by atoms with Crippen LogP contribution in [0.5, 0.6) is 0 Å². The average molecular weight is 274 g/mol. The zero-order valence-electron chi connectivity index (χ0n) is 10.9. The normalized spacial score (nSPS) is 11.2. The Labute approximate surface area is 109 Å². The Morgan fingerprint density at radius 3 is 2.17 bits per heavy atom. The van der Waals surface area contributed by atoms with E-state index in [-0.39, 0.29) is 0 Å². The SMILES string of the molecule is CCCO[SiH](Cc1ccc(F)cc1F)OCCC. The van der Waals surface area contributed by atoms with Gasteiger partial charge in [-0.25, -0.2) is 8.78 Å². The molecule has 5 heteroatoms. The van der Waals surface area contributed by atoms with E-state index in [1.54, 1.807) is 0 Å². The highest BCUT2D eigenvalue weighted by molar-refractivity contribution is 6.43. The topological polar surface area (TPSA) is 18.5 Å². The zero-order chi connectivity index (χ0) is 13.4. The third kappa shape index (κ3) is 5.24. The molecular weight excluding hydrogens is 254 g/mol. The lowest BCUT2D eigenvalue weighted by Crippen LogP contribution is -2.27. The zero-order valence-corrected chi connectivity index (χ0v) is 12.1. The second-order valence-electron chi connectivity index (χ2n) is 4.11. The highest BCUT2D eigenvalue weighted by atomic mass is 28.3. The minimum absolute atomic E-state index is 0.437. The van der Waals surface area contributed by atoms with Crippen LogP contribution >= 0.6 is 0 Å². The molecule has 0 fully saturated rings. The first kappa shape index (κ1) is 15.3. The van der Waals surface area contributed by atoms with Crippen LogP contribution < -0.4 is 0 Å². The summed E-state index contributed by atoms with van der Waals surface area (Å²) in [6.07, 6.45) is 1.82. The van der Waals surface area contributed by atoms with Gasteiger partial charge in [-0.2, -0.15) is 0 Å². The molecule has 0 amide bonds. The van der Waals surface area contributed by atoms with Gasteiger partial charge >= 0.3 is 9.28 Å². The molecule has 0 unspecified atom stereocenters. The summed E-state index contributed by atoms with van der Waals surface area (Å²) < 4.78 is 37.6. The molecule has 1 rings (SSSR count). The van der Waals surface area contributed by atoms with Crippen molar-refractivity contribution in [1.29, 1.82) is 0 Å². The summed E-state index contributed by atoms with van der Waals surface area (Å²) in [4.78, 5) is 0. The third-order valence-electron chi connectivity index (χ3n) is 2.42. The van der Waals surface area contributed by atoms with Crippen LogP contribution in [0.2, 0.25) is 0 Å². The molecule has 0 N–H and O–H groups in total. The minimum atomic E-state index is -1.90. The summed E-state index contributed by atoms with van der Waals surface area (Å²) in [5.41, 5.74) is 0.472. The van der Waals surface area contributed by atoms with Crippen molar-refractivity contribution in [2.45, 2.75) is 32.7 Å². The predicted octanol–water partition coefficient (Wildman–Crippen LogP) is 3.12. The lowest BCUT2D eigenvalue weighted by molar-refractivity contribution is 0.195. The summed E-state index contributed by atoms with van der Waals surface area (Å²) >= 11 is 0. The van der Waals surface area contributed by atoms with Gasteiger partial charge in [-0.3, -0.25) is 0 Å². The van der Waals surface area contributed by atoms with Gasteiger partial charge in [0.05, 0.1) is 0 Å². The lowest BCUT2D eigenvalue weighted by Gasteiger charge is -2.16. The fourth-order valence-corrected chi connectivity index (χ4v) is 3.55. The Balaban J connectivity index is 2.62. The van der Waals surface area contributed by atoms with Crippen molar-refractivity contribution >= 4 is 9.28 Å². The Hall–Kier alpha value is -0.783. The van der Waals surface area contributed by atoms with E-state index in [0.717, 1.165) is 18.9 Å². The molecule has 1 aromatic carbocycles. The summed E-state index contributed by atoms with van der Waals surface area (Å²) in [7, 11) is -1.90. The van der Waals surface area contributed by atoms with Crippen LogP contribution in [0.3, 0.4) is 0 Å². The maximum Gasteiger partial charge on any atom is 0.326 e. The lowest BCUT2D eigenvalue weighted by atomic mass is 10.2. The van der Waals surface area contributed by atoms with E-state index < -0.39 is 20.9 Å². The number of hydrogen-bond donors (Lipinski definition) is 0. The quantitative estimate of drug-likeness (QED) is 0.678. The molecule has 0 aromatic heterocycles. The minimum Gasteiger partial charge on any atom is -0.396 e. The summed E-state index contributed by atoms with van der Waals surface area (Å²) in [6, 6.07) is 4.07. The summed E-state index contributed by atoms with van der Waals surface area (Å²) in [5.74, 6) is -1.08. The smallest absolute Gasteiger partial charge is 0.326 e. The van der Waals surface area contributed by atoms with Crippen molar-refractivity contribution in [3.63, 3.8) is 0 Å². The van der Waals surface area contributed by atoms with Gasteiger partial charge in [0.25, 0.3) is 0 Å². The van der Waals surface area contributed by atoms with Crippen molar-refractivity contribution in [1.82, 2.24) is 0 Å². The first-order chi connectivity index (χ1) is 8.67. The highest BCUT2D eigenvalue weighted by Gasteiger charge is 2.16. The first-order valence-electron chi connectivity index (χ1n) is 6.34. The van der Waals surface area contributed by atoms with Crippen molar-refractivity contribution in [2.24, 2.45) is 0 Å². The molecule has 102 valence electrons. The molecule has 2 nitrogen and oxygen atoms in total. The van der Waals surface area contributed by atoms with Gasteiger partial charge in [0, 0.05) is 25.3 Å². The number of halogens is 2. The van der Waals surface area contributed by atoms with E-state index >= 15 is 0 Å². The molecule has 18 heavy (non-hydrogen) atoms. The van der Waals surface area contributed by atoms with Crippen LogP contribution in [0, 0.1) is 11.6 Å². The second-order valence-corrected chi connectivity index (χ2v) is 6.05. The van der Waals surface area contributed by atoms with Gasteiger partial charge in [0.1, 0.15) is 11.6 Å². The highest BCUT2D eigenvalue weighted by Crippen LogP contribution is 2.12. The Morgan fingerprint density at radius 1 is 1.06 bits per heavy atom. The van der Waals surface area contributed by atoms with Gasteiger partial charge < -0.3 is 8.85 Å². The molecule has 0 saturated carbocycles. The van der Waals surface area contributed by atoms with Gasteiger partial charge in [0.15, 0.2) is 0 Å². The van der Waals surface area contributed by atoms with E-state index in [2.05, 4.69) is 0 Å². The molecule has 0 saturated heterocycles. The largest absolute Gasteiger partial charge is 0.396 e. The predicted molar refractivity (Wildman–Crippen MR) is 69.7 cm³/mol. The fourth-order valence-electron chi connectivity index (χ4n) is 1.53. The van der Waals surface area contributed by atoms with Gasteiger partial charge in [-0.1, -0.05) is 19.9 Å². The first-order valence-corrected chi connectivity index (χ1v) is 8.10. The molecule has 0 aliphatic rings. The van der Waals surface area contributed by atoms with Crippen LogP contribution in [0.25, 0.3) is 0 Å². The molecule has 0 heterocycles. The monoisotopic (exact) mass is 274 g/mol.